The summed E-state index contributed by atoms with van der Waals surface area (Å²) in [6.45, 7) is 2.59. The maximum Gasteiger partial charge on any atom is 0.233 e. The van der Waals surface area contributed by atoms with Crippen LogP contribution in [0, 0.1) is 6.92 Å². The van der Waals surface area contributed by atoms with Crippen LogP contribution in [-0.4, -0.2) is 33.1 Å². The Labute approximate surface area is 160 Å². The molecule has 1 aliphatic rings. The molecule has 3 rings (SSSR count). The molecule has 25 heavy (non-hydrogen) atoms. The van der Waals surface area contributed by atoms with E-state index in [1.54, 1.807) is 12.1 Å². The minimum Gasteiger partial charge on any atom is -0.384 e. The normalized spacial score (nSPS) is 17.1. The predicted molar refractivity (Wildman–Crippen MR) is 102 cm³/mol. The van der Waals surface area contributed by atoms with Crippen molar-refractivity contribution in [3.8, 4) is 0 Å². The number of nitrogens with zero attached hydrogens (tertiary/aromatic N) is 3. The predicted octanol–water partition coefficient (Wildman–Crippen LogP) is 4.13. The third-order valence-corrected chi connectivity index (χ3v) is 5.65. The molecule has 5 nitrogen and oxygen atoms in total. The molecule has 1 aromatic heterocycles. The van der Waals surface area contributed by atoms with Crippen LogP contribution >= 0.6 is 35.0 Å². The van der Waals surface area contributed by atoms with Crippen LogP contribution < -0.4 is 5.73 Å². The molecule has 0 saturated carbocycles. The first-order valence-corrected chi connectivity index (χ1v) is 9.66. The molecular weight excluding hydrogens is 379 g/mol. The number of anilines is 1. The minimum atomic E-state index is 0.0337. The topological polar surface area (TPSA) is 72.1 Å². The largest absolute Gasteiger partial charge is 0.384 e. The summed E-state index contributed by atoms with van der Waals surface area (Å²) in [4.78, 5) is 23.0. The molecule has 0 unspecified atom stereocenters. The Morgan fingerprint density at radius 3 is 2.84 bits per heavy atom. The Bertz CT molecular complexity index is 782. The number of halogens is 2. The van der Waals surface area contributed by atoms with Crippen LogP contribution in [0.1, 0.15) is 30.1 Å². The summed E-state index contributed by atoms with van der Waals surface area (Å²) >= 11 is 13.4. The van der Waals surface area contributed by atoms with E-state index in [0.717, 1.165) is 30.6 Å². The molecule has 2 N–H and O–H groups in total. The van der Waals surface area contributed by atoms with Crippen molar-refractivity contribution in [1.29, 1.82) is 0 Å². The number of likely N-dealkylation sites (tertiary alicyclic amines) is 1. The maximum absolute atomic E-state index is 12.7. The highest BCUT2D eigenvalue weighted by Crippen LogP contribution is 2.35. The van der Waals surface area contributed by atoms with Gasteiger partial charge < -0.3 is 10.6 Å². The first-order valence-electron chi connectivity index (χ1n) is 7.92. The summed E-state index contributed by atoms with van der Waals surface area (Å²) in [7, 11) is 0. The van der Waals surface area contributed by atoms with Crippen molar-refractivity contribution < 1.29 is 4.79 Å². The monoisotopic (exact) mass is 396 g/mol. The van der Waals surface area contributed by atoms with Gasteiger partial charge in [0, 0.05) is 18.3 Å². The Kier molecular flexibility index (Phi) is 5.71. The molecule has 8 heteroatoms. The molecule has 2 aromatic rings. The van der Waals surface area contributed by atoms with Gasteiger partial charge in [0.2, 0.25) is 5.91 Å². The van der Waals surface area contributed by atoms with Crippen LogP contribution in [0.4, 0.5) is 5.82 Å². The maximum atomic E-state index is 12.7. The minimum absolute atomic E-state index is 0.0337. The van der Waals surface area contributed by atoms with Crippen LogP contribution in [0.2, 0.25) is 10.0 Å². The molecule has 0 radical (unpaired) electrons. The number of hydrogen-bond acceptors (Lipinski definition) is 5. The first-order chi connectivity index (χ1) is 11.9. The van der Waals surface area contributed by atoms with Crippen molar-refractivity contribution in [2.75, 3.05) is 18.0 Å². The number of benzene rings is 1. The van der Waals surface area contributed by atoms with Gasteiger partial charge in [0.1, 0.15) is 5.82 Å². The van der Waals surface area contributed by atoms with E-state index in [-0.39, 0.29) is 17.7 Å². The Morgan fingerprint density at radius 1 is 1.32 bits per heavy atom. The molecule has 1 aromatic carbocycles. The highest BCUT2D eigenvalue weighted by molar-refractivity contribution is 7.99. The average molecular weight is 397 g/mol. The summed E-state index contributed by atoms with van der Waals surface area (Å²) < 4.78 is 0. The van der Waals surface area contributed by atoms with Gasteiger partial charge in [-0.2, -0.15) is 0 Å². The number of thioether (sulfide) groups is 1. The fourth-order valence-corrected chi connectivity index (χ4v) is 4.07. The van der Waals surface area contributed by atoms with Crippen LogP contribution in [0.5, 0.6) is 0 Å². The molecule has 1 aliphatic heterocycles. The van der Waals surface area contributed by atoms with Crippen LogP contribution in [0.3, 0.4) is 0 Å². The summed E-state index contributed by atoms with van der Waals surface area (Å²) in [6.07, 6.45) is 1.89. The standard InChI is InChI=1S/C17H18Cl2N4OS/c1-10-7-15(20)22-17(21-10)25-9-16(24)23-6-2-3-14(23)11-4-5-12(18)13(19)8-11/h4-5,7-8,14H,2-3,6,9H2,1H3,(H2,20,21,22)/t14-/m0/s1. The summed E-state index contributed by atoms with van der Waals surface area (Å²) in [5.41, 5.74) is 7.53. The molecule has 1 atom stereocenters. The molecular formula is C17H18Cl2N4OS. The smallest absolute Gasteiger partial charge is 0.233 e. The van der Waals surface area contributed by atoms with Crippen molar-refractivity contribution in [3.63, 3.8) is 0 Å². The van der Waals surface area contributed by atoms with Crippen molar-refractivity contribution >= 4 is 46.7 Å². The lowest BCUT2D eigenvalue weighted by Gasteiger charge is -2.25. The van der Waals surface area contributed by atoms with E-state index in [2.05, 4.69) is 9.97 Å². The van der Waals surface area contributed by atoms with Gasteiger partial charge in [0.25, 0.3) is 0 Å². The number of rotatable bonds is 4. The fourth-order valence-electron chi connectivity index (χ4n) is 2.97. The van der Waals surface area contributed by atoms with Crippen molar-refractivity contribution in [3.05, 3.63) is 45.6 Å². The number of nitrogens with two attached hydrogens (primary N) is 1. The summed E-state index contributed by atoms with van der Waals surface area (Å²) in [5.74, 6) is 0.750. The zero-order valence-electron chi connectivity index (χ0n) is 13.7. The average Bonchev–Trinajstić information content (AvgIpc) is 3.04. The highest BCUT2D eigenvalue weighted by atomic mass is 35.5. The number of aryl methyl sites for hydroxylation is 1. The van der Waals surface area contributed by atoms with Gasteiger partial charge >= 0.3 is 0 Å². The van der Waals surface area contributed by atoms with Gasteiger partial charge in [-0.15, -0.1) is 0 Å². The molecule has 1 amide bonds. The first kappa shape index (κ1) is 18.3. The Balaban J connectivity index is 1.69. The van der Waals surface area contributed by atoms with Crippen LogP contribution in [-0.2, 0) is 4.79 Å². The van der Waals surface area contributed by atoms with Gasteiger partial charge in [-0.05, 0) is 37.5 Å². The molecule has 2 heterocycles. The second-order valence-corrected chi connectivity index (χ2v) is 7.68. The molecule has 0 bridgehead atoms. The van der Waals surface area contributed by atoms with Gasteiger partial charge in [-0.3, -0.25) is 4.79 Å². The number of hydrogen-bond donors (Lipinski definition) is 1. The molecule has 0 aliphatic carbocycles. The van der Waals surface area contributed by atoms with E-state index < -0.39 is 0 Å². The van der Waals surface area contributed by atoms with Crippen molar-refractivity contribution in [2.45, 2.75) is 31.0 Å². The van der Waals surface area contributed by atoms with E-state index in [0.29, 0.717) is 21.0 Å². The second-order valence-electron chi connectivity index (χ2n) is 5.92. The number of carbonyl (C=O) groups excluding carboxylic acids is 1. The zero-order valence-corrected chi connectivity index (χ0v) is 16.0. The summed E-state index contributed by atoms with van der Waals surface area (Å²) in [5, 5.41) is 1.55. The summed E-state index contributed by atoms with van der Waals surface area (Å²) in [6, 6.07) is 7.29. The van der Waals surface area contributed by atoms with Gasteiger partial charge in [-0.25, -0.2) is 9.97 Å². The van der Waals surface area contributed by atoms with Gasteiger partial charge in [0.05, 0.1) is 21.8 Å². The van der Waals surface area contributed by atoms with Crippen molar-refractivity contribution in [1.82, 2.24) is 14.9 Å². The fraction of sp³-hybridized carbons (Fsp3) is 0.353. The van der Waals surface area contributed by atoms with Gasteiger partial charge in [-0.1, -0.05) is 41.0 Å². The van der Waals surface area contributed by atoms with Crippen LogP contribution in [0.25, 0.3) is 0 Å². The van der Waals surface area contributed by atoms with Crippen LogP contribution in [0.15, 0.2) is 29.4 Å². The van der Waals surface area contributed by atoms with Gasteiger partial charge in [0.15, 0.2) is 5.16 Å². The molecule has 0 spiro atoms. The Morgan fingerprint density at radius 2 is 2.12 bits per heavy atom. The lowest BCUT2D eigenvalue weighted by Crippen LogP contribution is -2.32. The SMILES string of the molecule is Cc1cc(N)nc(SCC(=O)N2CCC[C@H]2c2ccc(Cl)c(Cl)c2)n1. The third-order valence-electron chi connectivity index (χ3n) is 4.08. The molecule has 1 fully saturated rings. The number of amides is 1. The van der Waals surface area contributed by atoms with E-state index in [1.807, 2.05) is 24.0 Å². The van der Waals surface area contributed by atoms with Crippen molar-refractivity contribution in [2.24, 2.45) is 0 Å². The lowest BCUT2D eigenvalue weighted by atomic mass is 10.0. The molecule has 1 saturated heterocycles. The van der Waals surface area contributed by atoms with E-state index >= 15 is 0 Å². The number of aromatic nitrogens is 2. The second kappa shape index (κ2) is 7.81. The zero-order chi connectivity index (χ0) is 18.0. The highest BCUT2D eigenvalue weighted by Gasteiger charge is 2.30. The molecule has 132 valence electrons. The Hall–Kier alpha value is -1.50. The van der Waals surface area contributed by atoms with E-state index in [1.165, 1.54) is 11.8 Å². The number of carbonyl (C=O) groups is 1. The number of nitrogen functional groups attached to an aromatic ring is 1. The van der Waals surface area contributed by atoms with E-state index in [4.69, 9.17) is 28.9 Å². The lowest BCUT2D eigenvalue weighted by molar-refractivity contribution is -0.129. The quantitative estimate of drug-likeness (QED) is 0.621. The van der Waals surface area contributed by atoms with E-state index in [9.17, 15) is 4.79 Å². The third kappa shape index (κ3) is 4.37.